The van der Waals surface area contributed by atoms with Gasteiger partial charge >= 0.3 is 0 Å². The van der Waals surface area contributed by atoms with Gasteiger partial charge in [-0.15, -0.1) is 0 Å². The molecule has 3 N–H and O–H groups in total. The Morgan fingerprint density at radius 3 is 2.62 bits per heavy atom. The first kappa shape index (κ1) is 16.7. The molecule has 0 aromatic heterocycles. The minimum Gasteiger partial charge on any atom is -0.388 e. The lowest BCUT2D eigenvalue weighted by molar-refractivity contribution is -0.384. The van der Waals surface area contributed by atoms with Crippen molar-refractivity contribution < 1.29 is 14.5 Å². The number of carbonyl (C=O) groups is 1. The molecule has 1 unspecified atom stereocenters. The van der Waals surface area contributed by atoms with Crippen molar-refractivity contribution in [1.82, 2.24) is 5.32 Å². The Labute approximate surface area is 123 Å². The van der Waals surface area contributed by atoms with E-state index in [0.717, 1.165) is 0 Å². The molecule has 0 aliphatic heterocycles. The zero-order valence-electron chi connectivity index (χ0n) is 12.3. The second-order valence-corrected chi connectivity index (χ2v) is 4.43. The van der Waals surface area contributed by atoms with E-state index in [1.54, 1.807) is 27.1 Å². The second-order valence-electron chi connectivity index (χ2n) is 4.43. The van der Waals surface area contributed by atoms with Gasteiger partial charge in [-0.05, 0) is 13.0 Å². The highest BCUT2D eigenvalue weighted by Gasteiger charge is 2.15. The molecule has 0 spiro atoms. The van der Waals surface area contributed by atoms with Crippen LogP contribution in [0.1, 0.15) is 6.92 Å². The van der Waals surface area contributed by atoms with Crippen LogP contribution < -0.4 is 16.0 Å². The number of nitro groups is 1. The number of hydrogen-bond donors (Lipinski definition) is 3. The van der Waals surface area contributed by atoms with E-state index in [0.29, 0.717) is 24.5 Å². The van der Waals surface area contributed by atoms with Gasteiger partial charge in [0.2, 0.25) is 5.91 Å². The lowest BCUT2D eigenvalue weighted by Crippen LogP contribution is -2.39. The molecule has 0 fully saturated rings. The minimum absolute atomic E-state index is 0.0451. The number of carbonyl (C=O) groups excluding carboxylic acids is 1. The average molecular weight is 296 g/mol. The maximum Gasteiger partial charge on any atom is 0.273 e. The fraction of sp³-hybridized carbons (Fsp3) is 0.462. The average Bonchev–Trinajstić information content (AvgIpc) is 2.46. The second kappa shape index (κ2) is 8.05. The number of amides is 1. The summed E-state index contributed by atoms with van der Waals surface area (Å²) >= 11 is 0. The molecule has 0 heterocycles. The van der Waals surface area contributed by atoms with Gasteiger partial charge in [0.15, 0.2) is 0 Å². The molecule has 0 radical (unpaired) electrons. The molecule has 1 aromatic carbocycles. The van der Waals surface area contributed by atoms with Crippen LogP contribution in [0.2, 0.25) is 0 Å². The number of non-ortho nitro benzene ring substituents is 1. The molecule has 21 heavy (non-hydrogen) atoms. The quantitative estimate of drug-likeness (QED) is 0.378. The third-order valence-corrected chi connectivity index (χ3v) is 2.80. The van der Waals surface area contributed by atoms with Crippen LogP contribution in [0.15, 0.2) is 18.2 Å². The fourth-order valence-corrected chi connectivity index (χ4v) is 1.69. The van der Waals surface area contributed by atoms with E-state index in [1.165, 1.54) is 12.1 Å². The summed E-state index contributed by atoms with van der Waals surface area (Å²) in [6.45, 7) is 2.53. The molecule has 0 saturated heterocycles. The van der Waals surface area contributed by atoms with Crippen molar-refractivity contribution in [1.29, 1.82) is 0 Å². The van der Waals surface area contributed by atoms with E-state index in [1.807, 2.05) is 0 Å². The van der Waals surface area contributed by atoms with Crippen molar-refractivity contribution in [2.75, 3.05) is 37.9 Å². The van der Waals surface area contributed by atoms with E-state index in [4.69, 9.17) is 4.74 Å². The Kier molecular flexibility index (Phi) is 6.41. The van der Waals surface area contributed by atoms with Crippen LogP contribution >= 0.6 is 0 Å². The van der Waals surface area contributed by atoms with Crippen LogP contribution in [0.25, 0.3) is 0 Å². The maximum absolute atomic E-state index is 11.8. The largest absolute Gasteiger partial charge is 0.388 e. The van der Waals surface area contributed by atoms with Gasteiger partial charge in [-0.1, -0.05) is 0 Å². The Bertz CT molecular complexity index is 507. The summed E-state index contributed by atoms with van der Waals surface area (Å²) in [4.78, 5) is 22.2. The van der Waals surface area contributed by atoms with E-state index in [-0.39, 0.29) is 11.6 Å². The van der Waals surface area contributed by atoms with Crippen LogP contribution in [-0.2, 0) is 9.53 Å². The van der Waals surface area contributed by atoms with Crippen LogP contribution in [-0.4, -0.2) is 44.2 Å². The summed E-state index contributed by atoms with van der Waals surface area (Å²) in [7, 11) is 3.22. The third kappa shape index (κ3) is 5.27. The van der Waals surface area contributed by atoms with Crippen molar-refractivity contribution in [3.63, 3.8) is 0 Å². The number of anilines is 2. The highest BCUT2D eigenvalue weighted by Crippen LogP contribution is 2.24. The standard InChI is InChI=1S/C13H20N4O4/c1-9(13(18)15-4-5-21-3)16-11-6-10(14-2)7-12(8-11)17(19)20/h6-9,14,16H,4-5H2,1-3H3,(H,15,18). The fourth-order valence-electron chi connectivity index (χ4n) is 1.69. The van der Waals surface area contributed by atoms with Crippen molar-refractivity contribution in [2.45, 2.75) is 13.0 Å². The van der Waals surface area contributed by atoms with Crippen LogP contribution in [0.3, 0.4) is 0 Å². The van der Waals surface area contributed by atoms with Crippen molar-refractivity contribution in [3.8, 4) is 0 Å². The van der Waals surface area contributed by atoms with Gasteiger partial charge in [0.05, 0.1) is 11.5 Å². The molecular weight excluding hydrogens is 276 g/mol. The van der Waals surface area contributed by atoms with Gasteiger partial charge in [-0.25, -0.2) is 0 Å². The summed E-state index contributed by atoms with van der Waals surface area (Å²) in [5.74, 6) is -0.204. The van der Waals surface area contributed by atoms with Gasteiger partial charge in [0.25, 0.3) is 5.69 Å². The number of nitrogens with zero attached hydrogens (tertiary/aromatic N) is 1. The van der Waals surface area contributed by atoms with E-state index in [2.05, 4.69) is 16.0 Å². The first-order valence-corrected chi connectivity index (χ1v) is 6.48. The van der Waals surface area contributed by atoms with Crippen LogP contribution in [0.5, 0.6) is 0 Å². The lowest BCUT2D eigenvalue weighted by Gasteiger charge is -2.15. The van der Waals surface area contributed by atoms with Gasteiger partial charge in [-0.3, -0.25) is 14.9 Å². The Balaban J connectivity index is 2.74. The molecule has 0 aliphatic rings. The summed E-state index contributed by atoms with van der Waals surface area (Å²) in [5.41, 5.74) is 1.05. The molecule has 1 rings (SSSR count). The molecule has 8 nitrogen and oxygen atoms in total. The van der Waals surface area contributed by atoms with Gasteiger partial charge in [0, 0.05) is 44.2 Å². The van der Waals surface area contributed by atoms with Crippen LogP contribution in [0.4, 0.5) is 17.1 Å². The third-order valence-electron chi connectivity index (χ3n) is 2.80. The van der Waals surface area contributed by atoms with Gasteiger partial charge < -0.3 is 20.7 Å². The SMILES string of the molecule is CNc1cc(NC(C)C(=O)NCCOC)cc([N+](=O)[O-])c1. The first-order chi connectivity index (χ1) is 9.97. The number of ether oxygens (including phenoxy) is 1. The summed E-state index contributed by atoms with van der Waals surface area (Å²) < 4.78 is 4.84. The van der Waals surface area contributed by atoms with Crippen molar-refractivity contribution in [2.24, 2.45) is 0 Å². The van der Waals surface area contributed by atoms with E-state index < -0.39 is 11.0 Å². The minimum atomic E-state index is -0.520. The first-order valence-electron chi connectivity index (χ1n) is 6.48. The van der Waals surface area contributed by atoms with Crippen LogP contribution in [0, 0.1) is 10.1 Å². The molecule has 8 heteroatoms. The molecule has 116 valence electrons. The Hall–Kier alpha value is -2.35. The molecule has 1 amide bonds. The van der Waals surface area contributed by atoms with Gasteiger partial charge in [0.1, 0.15) is 6.04 Å². The Morgan fingerprint density at radius 1 is 1.38 bits per heavy atom. The topological polar surface area (TPSA) is 106 Å². The van der Waals surface area contributed by atoms with E-state index in [9.17, 15) is 14.9 Å². The molecule has 0 aliphatic carbocycles. The molecule has 0 bridgehead atoms. The molecule has 0 saturated carbocycles. The molecule has 1 atom stereocenters. The van der Waals surface area contributed by atoms with Crippen molar-refractivity contribution >= 4 is 23.0 Å². The molecule has 1 aromatic rings. The summed E-state index contributed by atoms with van der Waals surface area (Å²) in [6, 6.07) is 3.99. The number of nitrogens with one attached hydrogen (secondary N) is 3. The smallest absolute Gasteiger partial charge is 0.273 e. The zero-order chi connectivity index (χ0) is 15.8. The monoisotopic (exact) mass is 296 g/mol. The predicted octanol–water partition coefficient (Wildman–Crippen LogP) is 1.20. The van der Waals surface area contributed by atoms with Crippen molar-refractivity contribution in [3.05, 3.63) is 28.3 Å². The number of hydrogen-bond acceptors (Lipinski definition) is 6. The van der Waals surface area contributed by atoms with E-state index >= 15 is 0 Å². The summed E-state index contributed by atoms with van der Waals surface area (Å²) in [5, 5.41) is 19.4. The predicted molar refractivity (Wildman–Crippen MR) is 80.6 cm³/mol. The normalized spacial score (nSPS) is 11.6. The number of rotatable bonds is 8. The number of nitro benzene ring substituents is 1. The zero-order valence-corrected chi connectivity index (χ0v) is 12.3. The maximum atomic E-state index is 11.8. The Morgan fingerprint density at radius 2 is 2.05 bits per heavy atom. The van der Waals surface area contributed by atoms with Gasteiger partial charge in [-0.2, -0.15) is 0 Å². The summed E-state index contributed by atoms with van der Waals surface area (Å²) in [6.07, 6.45) is 0. The lowest BCUT2D eigenvalue weighted by atomic mass is 10.2. The highest BCUT2D eigenvalue weighted by molar-refractivity contribution is 5.84. The molecular formula is C13H20N4O4. The number of methoxy groups -OCH3 is 1. The highest BCUT2D eigenvalue weighted by atomic mass is 16.6. The number of benzene rings is 1.